The van der Waals surface area contributed by atoms with Crippen molar-refractivity contribution in [2.75, 3.05) is 0 Å². The first-order chi connectivity index (χ1) is 10.1. The Morgan fingerprint density at radius 1 is 1.29 bits per heavy atom. The minimum Gasteiger partial charge on any atom is -0.307 e. The second kappa shape index (κ2) is 5.49. The van der Waals surface area contributed by atoms with Gasteiger partial charge in [-0.15, -0.1) is 0 Å². The minimum absolute atomic E-state index is 0.0602. The van der Waals surface area contributed by atoms with Crippen molar-refractivity contribution < 1.29 is 0 Å². The molecule has 0 aliphatic carbocycles. The number of nitrogens with zero attached hydrogens (tertiary/aromatic N) is 4. The van der Waals surface area contributed by atoms with Crippen LogP contribution in [0, 0.1) is 6.92 Å². The summed E-state index contributed by atoms with van der Waals surface area (Å²) in [5.74, 6) is 0. The summed E-state index contributed by atoms with van der Waals surface area (Å²) >= 11 is 0. The van der Waals surface area contributed by atoms with E-state index < -0.39 is 0 Å². The fourth-order valence-electron chi connectivity index (χ4n) is 2.24. The van der Waals surface area contributed by atoms with E-state index in [0.717, 1.165) is 17.0 Å². The van der Waals surface area contributed by atoms with Crippen LogP contribution in [-0.2, 0) is 20.1 Å². The number of aryl methyl sites for hydroxylation is 1. The molecule has 6 heteroatoms. The Hall–Kier alpha value is -2.47. The predicted molar refractivity (Wildman–Crippen MR) is 80.0 cm³/mol. The molecule has 0 fully saturated rings. The second-order valence-corrected chi connectivity index (χ2v) is 5.00. The summed E-state index contributed by atoms with van der Waals surface area (Å²) in [7, 11) is 1.92. The van der Waals surface area contributed by atoms with E-state index in [1.807, 2.05) is 43.0 Å². The highest BCUT2D eigenvalue weighted by atomic mass is 16.1. The van der Waals surface area contributed by atoms with Gasteiger partial charge in [-0.2, -0.15) is 5.10 Å². The molecule has 3 heterocycles. The molecule has 0 unspecified atom stereocenters. The molecule has 0 amide bonds. The zero-order chi connectivity index (χ0) is 14.8. The number of hydrogen-bond donors (Lipinski definition) is 1. The highest BCUT2D eigenvalue weighted by molar-refractivity contribution is 5.37. The molecule has 3 aromatic rings. The smallest absolute Gasteiger partial charge is 0.258 e. The van der Waals surface area contributed by atoms with E-state index in [0.29, 0.717) is 18.7 Å². The van der Waals surface area contributed by atoms with Gasteiger partial charge in [0, 0.05) is 43.7 Å². The lowest BCUT2D eigenvalue weighted by atomic mass is 10.2. The molecule has 1 N–H and O–H groups in total. The van der Waals surface area contributed by atoms with Gasteiger partial charge in [-0.05, 0) is 19.1 Å². The molecule has 108 valence electrons. The van der Waals surface area contributed by atoms with Crippen LogP contribution in [0.3, 0.4) is 0 Å². The molecular weight excluding hydrogens is 266 g/mol. The van der Waals surface area contributed by atoms with Crippen molar-refractivity contribution in [3.05, 3.63) is 64.0 Å². The predicted octanol–water partition coefficient (Wildman–Crippen LogP) is 1.03. The molecule has 6 nitrogen and oxygen atoms in total. The van der Waals surface area contributed by atoms with Crippen molar-refractivity contribution in [3.8, 4) is 0 Å². The Bertz CT molecular complexity index is 833. The van der Waals surface area contributed by atoms with E-state index in [1.165, 1.54) is 4.40 Å². The van der Waals surface area contributed by atoms with E-state index in [-0.39, 0.29) is 5.56 Å². The normalized spacial score (nSPS) is 11.1. The Labute approximate surface area is 122 Å². The van der Waals surface area contributed by atoms with Crippen molar-refractivity contribution in [1.29, 1.82) is 0 Å². The fraction of sp³-hybridized carbons (Fsp3) is 0.267. The third kappa shape index (κ3) is 2.71. The maximum Gasteiger partial charge on any atom is 0.258 e. The number of hydrogen-bond acceptors (Lipinski definition) is 4. The van der Waals surface area contributed by atoms with E-state index >= 15 is 0 Å². The van der Waals surface area contributed by atoms with E-state index in [4.69, 9.17) is 0 Å². The van der Waals surface area contributed by atoms with Gasteiger partial charge in [0.1, 0.15) is 5.65 Å². The first-order valence-corrected chi connectivity index (χ1v) is 6.80. The van der Waals surface area contributed by atoms with Crippen LogP contribution in [0.5, 0.6) is 0 Å². The van der Waals surface area contributed by atoms with Gasteiger partial charge in [-0.25, -0.2) is 4.98 Å². The monoisotopic (exact) mass is 283 g/mol. The summed E-state index contributed by atoms with van der Waals surface area (Å²) in [6.45, 7) is 3.29. The molecule has 0 aliphatic heterocycles. The first-order valence-electron chi connectivity index (χ1n) is 6.80. The van der Waals surface area contributed by atoms with Gasteiger partial charge in [0.15, 0.2) is 0 Å². The van der Waals surface area contributed by atoms with Crippen molar-refractivity contribution in [2.45, 2.75) is 20.0 Å². The van der Waals surface area contributed by atoms with Gasteiger partial charge in [0.25, 0.3) is 5.56 Å². The largest absolute Gasteiger partial charge is 0.307 e. The third-order valence-electron chi connectivity index (χ3n) is 3.58. The van der Waals surface area contributed by atoms with Crippen LogP contribution in [0.4, 0.5) is 0 Å². The molecule has 0 spiro atoms. The number of aromatic nitrogens is 4. The van der Waals surface area contributed by atoms with Gasteiger partial charge >= 0.3 is 0 Å². The number of pyridine rings is 1. The van der Waals surface area contributed by atoms with Crippen LogP contribution < -0.4 is 10.9 Å². The summed E-state index contributed by atoms with van der Waals surface area (Å²) in [6.07, 6.45) is 3.58. The lowest BCUT2D eigenvalue weighted by Crippen LogP contribution is -2.19. The molecular formula is C15H17N5O. The standard InChI is InChI=1S/C15H17N5O/c1-11-12(9-17-19(11)2)8-16-10-13-7-15(21)20-6-4-3-5-14(20)18-13/h3-7,9,16H,8,10H2,1-2H3. The molecule has 0 atom stereocenters. The average molecular weight is 283 g/mol. The van der Waals surface area contributed by atoms with Crippen LogP contribution in [0.2, 0.25) is 0 Å². The molecule has 0 radical (unpaired) electrons. The molecule has 0 saturated carbocycles. The minimum atomic E-state index is -0.0602. The highest BCUT2D eigenvalue weighted by Crippen LogP contribution is 2.05. The maximum absolute atomic E-state index is 12.0. The third-order valence-corrected chi connectivity index (χ3v) is 3.58. The highest BCUT2D eigenvalue weighted by Gasteiger charge is 2.04. The average Bonchev–Trinajstić information content (AvgIpc) is 2.79. The van der Waals surface area contributed by atoms with E-state index in [2.05, 4.69) is 15.4 Å². The number of rotatable bonds is 4. The molecule has 3 aromatic heterocycles. The zero-order valence-corrected chi connectivity index (χ0v) is 12.1. The van der Waals surface area contributed by atoms with Crippen LogP contribution in [0.25, 0.3) is 5.65 Å². The first kappa shape index (κ1) is 13.5. The van der Waals surface area contributed by atoms with Gasteiger partial charge in [-0.3, -0.25) is 13.9 Å². The summed E-state index contributed by atoms with van der Waals surface area (Å²) in [6, 6.07) is 7.09. The maximum atomic E-state index is 12.0. The lowest BCUT2D eigenvalue weighted by molar-refractivity contribution is 0.671. The quantitative estimate of drug-likeness (QED) is 0.776. The SMILES string of the molecule is Cc1c(CNCc2cc(=O)n3ccccc3n2)cnn1C. The summed E-state index contributed by atoms with van der Waals surface area (Å²) in [4.78, 5) is 16.4. The summed E-state index contributed by atoms with van der Waals surface area (Å²) in [5.41, 5.74) is 3.63. The molecule has 0 saturated heterocycles. The molecule has 0 aliphatic rings. The Morgan fingerprint density at radius 3 is 2.90 bits per heavy atom. The van der Waals surface area contributed by atoms with E-state index in [1.54, 1.807) is 12.3 Å². The Kier molecular flexibility index (Phi) is 3.53. The van der Waals surface area contributed by atoms with Crippen LogP contribution in [-0.4, -0.2) is 19.2 Å². The van der Waals surface area contributed by atoms with Crippen molar-refractivity contribution in [2.24, 2.45) is 7.05 Å². The number of nitrogens with one attached hydrogen (secondary N) is 1. The Morgan fingerprint density at radius 2 is 2.14 bits per heavy atom. The summed E-state index contributed by atoms with van der Waals surface area (Å²) in [5, 5.41) is 7.50. The van der Waals surface area contributed by atoms with Gasteiger partial charge in [-0.1, -0.05) is 6.07 Å². The van der Waals surface area contributed by atoms with Crippen LogP contribution >= 0.6 is 0 Å². The van der Waals surface area contributed by atoms with E-state index in [9.17, 15) is 4.79 Å². The van der Waals surface area contributed by atoms with Crippen molar-refractivity contribution >= 4 is 5.65 Å². The van der Waals surface area contributed by atoms with Gasteiger partial charge in [0.2, 0.25) is 0 Å². The van der Waals surface area contributed by atoms with Crippen molar-refractivity contribution in [3.63, 3.8) is 0 Å². The van der Waals surface area contributed by atoms with Gasteiger partial charge < -0.3 is 5.32 Å². The molecule has 3 rings (SSSR count). The van der Waals surface area contributed by atoms with Crippen LogP contribution in [0.1, 0.15) is 17.0 Å². The lowest BCUT2D eigenvalue weighted by Gasteiger charge is -2.06. The van der Waals surface area contributed by atoms with Crippen LogP contribution in [0.15, 0.2) is 41.5 Å². The van der Waals surface area contributed by atoms with Crippen molar-refractivity contribution in [1.82, 2.24) is 24.5 Å². The van der Waals surface area contributed by atoms with Gasteiger partial charge in [0.05, 0.1) is 11.9 Å². The molecule has 0 bridgehead atoms. The number of fused-ring (bicyclic) bond motifs is 1. The second-order valence-electron chi connectivity index (χ2n) is 5.00. The molecule has 21 heavy (non-hydrogen) atoms. The summed E-state index contributed by atoms with van der Waals surface area (Å²) < 4.78 is 3.38. The topological polar surface area (TPSA) is 64.2 Å². The molecule has 0 aromatic carbocycles. The fourth-order valence-corrected chi connectivity index (χ4v) is 2.24. The Balaban J connectivity index is 1.74. The zero-order valence-electron chi connectivity index (χ0n) is 12.1.